The van der Waals surface area contributed by atoms with E-state index in [0.29, 0.717) is 17.8 Å². The van der Waals surface area contributed by atoms with Crippen molar-refractivity contribution < 1.29 is 18.0 Å². The summed E-state index contributed by atoms with van der Waals surface area (Å²) in [6, 6.07) is 4.92. The summed E-state index contributed by atoms with van der Waals surface area (Å²) in [5, 5.41) is 3.68. The Morgan fingerprint density at radius 2 is 2.12 bits per heavy atom. The highest BCUT2D eigenvalue weighted by Crippen LogP contribution is 2.29. The lowest BCUT2D eigenvalue weighted by molar-refractivity contribution is -0.137. The quantitative estimate of drug-likeness (QED) is 0.504. The fourth-order valence-electron chi connectivity index (χ4n) is 1.17. The summed E-state index contributed by atoms with van der Waals surface area (Å²) in [6.45, 7) is 2.11. The zero-order valence-corrected chi connectivity index (χ0v) is 9.29. The molecule has 1 aromatic carbocycles. The fraction of sp³-hybridized carbons (Fsp3) is 0.364. The maximum atomic E-state index is 12.5. The Labute approximate surface area is 97.1 Å². The predicted molar refractivity (Wildman–Crippen MR) is 58.7 cm³/mol. The first-order valence-corrected chi connectivity index (χ1v) is 4.99. The van der Waals surface area contributed by atoms with Gasteiger partial charge in [0.15, 0.2) is 0 Å². The third-order valence-corrected chi connectivity index (χ3v) is 2.02. The molecule has 0 bridgehead atoms. The highest BCUT2D eigenvalue weighted by atomic mass is 19.4. The van der Waals surface area contributed by atoms with E-state index < -0.39 is 11.7 Å². The van der Waals surface area contributed by atoms with E-state index >= 15 is 0 Å². The van der Waals surface area contributed by atoms with Crippen LogP contribution in [0.5, 0.6) is 0 Å². The van der Waals surface area contributed by atoms with Gasteiger partial charge in [-0.15, -0.1) is 0 Å². The van der Waals surface area contributed by atoms with Gasteiger partial charge in [0.2, 0.25) is 0 Å². The van der Waals surface area contributed by atoms with E-state index in [2.05, 4.69) is 5.16 Å². The van der Waals surface area contributed by atoms with Gasteiger partial charge in [0.25, 0.3) is 0 Å². The van der Waals surface area contributed by atoms with Gasteiger partial charge in [-0.05, 0) is 24.6 Å². The SMILES string of the molecule is CC(=NOCCN)c1cccc(C(F)(F)F)c1. The van der Waals surface area contributed by atoms with E-state index in [1.807, 2.05) is 0 Å². The summed E-state index contributed by atoms with van der Waals surface area (Å²) in [5.74, 6) is 0. The Morgan fingerprint density at radius 1 is 1.41 bits per heavy atom. The number of hydrogen-bond acceptors (Lipinski definition) is 3. The molecule has 6 heteroatoms. The number of nitrogens with two attached hydrogens (primary N) is 1. The Kier molecular flexibility index (Phi) is 4.51. The Balaban J connectivity index is 2.88. The van der Waals surface area contributed by atoms with Gasteiger partial charge < -0.3 is 10.6 Å². The molecule has 17 heavy (non-hydrogen) atoms. The number of oxime groups is 1. The third kappa shape index (κ3) is 4.07. The van der Waals surface area contributed by atoms with Crippen LogP contribution in [0.4, 0.5) is 13.2 Å². The van der Waals surface area contributed by atoms with Crippen molar-refractivity contribution in [2.45, 2.75) is 13.1 Å². The molecule has 0 heterocycles. The van der Waals surface area contributed by atoms with Gasteiger partial charge in [-0.1, -0.05) is 17.3 Å². The van der Waals surface area contributed by atoms with Crippen molar-refractivity contribution in [3.63, 3.8) is 0 Å². The van der Waals surface area contributed by atoms with Crippen LogP contribution in [0.3, 0.4) is 0 Å². The van der Waals surface area contributed by atoms with Crippen LogP contribution >= 0.6 is 0 Å². The highest BCUT2D eigenvalue weighted by Gasteiger charge is 2.30. The van der Waals surface area contributed by atoms with Gasteiger partial charge in [-0.25, -0.2) is 0 Å². The molecule has 0 saturated heterocycles. The lowest BCUT2D eigenvalue weighted by atomic mass is 10.1. The van der Waals surface area contributed by atoms with Crippen LogP contribution in [0, 0.1) is 0 Å². The van der Waals surface area contributed by atoms with E-state index in [1.165, 1.54) is 6.07 Å². The molecule has 0 unspecified atom stereocenters. The van der Waals surface area contributed by atoms with Crippen molar-refractivity contribution >= 4 is 5.71 Å². The molecule has 3 nitrogen and oxygen atoms in total. The van der Waals surface area contributed by atoms with Crippen molar-refractivity contribution in [3.8, 4) is 0 Å². The van der Waals surface area contributed by atoms with Gasteiger partial charge in [-0.2, -0.15) is 13.2 Å². The predicted octanol–water partition coefficient (Wildman–Crippen LogP) is 2.40. The van der Waals surface area contributed by atoms with Gasteiger partial charge in [-0.3, -0.25) is 0 Å². The zero-order chi connectivity index (χ0) is 12.9. The van der Waals surface area contributed by atoms with E-state index in [9.17, 15) is 13.2 Å². The van der Waals surface area contributed by atoms with Gasteiger partial charge in [0.1, 0.15) is 6.61 Å². The normalized spacial score (nSPS) is 12.6. The van der Waals surface area contributed by atoms with Crippen molar-refractivity contribution in [3.05, 3.63) is 35.4 Å². The molecule has 0 aromatic heterocycles. The number of hydrogen-bond donors (Lipinski definition) is 1. The van der Waals surface area contributed by atoms with Crippen LogP contribution in [-0.4, -0.2) is 18.9 Å². The molecule has 0 amide bonds. The van der Waals surface area contributed by atoms with E-state index in [1.54, 1.807) is 13.0 Å². The maximum Gasteiger partial charge on any atom is 0.416 e. The smallest absolute Gasteiger partial charge is 0.394 e. The van der Waals surface area contributed by atoms with Crippen molar-refractivity contribution in [2.75, 3.05) is 13.2 Å². The van der Waals surface area contributed by atoms with Crippen molar-refractivity contribution in [1.29, 1.82) is 0 Å². The van der Waals surface area contributed by atoms with Crippen LogP contribution in [-0.2, 0) is 11.0 Å². The standard InChI is InChI=1S/C11H13F3N2O/c1-8(16-17-6-5-15)9-3-2-4-10(7-9)11(12,13)14/h2-4,7H,5-6,15H2,1H3. The Bertz CT molecular complexity index is 402. The molecule has 2 N–H and O–H groups in total. The van der Waals surface area contributed by atoms with Gasteiger partial charge >= 0.3 is 6.18 Å². The number of nitrogens with zero attached hydrogens (tertiary/aromatic N) is 1. The van der Waals surface area contributed by atoms with Crippen LogP contribution < -0.4 is 5.73 Å². The first kappa shape index (κ1) is 13.5. The summed E-state index contributed by atoms with van der Waals surface area (Å²) < 4.78 is 37.4. The van der Waals surface area contributed by atoms with Crippen molar-refractivity contribution in [2.24, 2.45) is 10.9 Å². The Hall–Kier alpha value is -1.56. The lowest BCUT2D eigenvalue weighted by Crippen LogP contribution is -2.08. The summed E-state index contributed by atoms with van der Waals surface area (Å²) in [5.41, 5.74) is 5.24. The van der Waals surface area contributed by atoms with E-state index in [-0.39, 0.29) is 6.61 Å². The second-order valence-corrected chi connectivity index (χ2v) is 3.38. The summed E-state index contributed by atoms with van der Waals surface area (Å²) in [4.78, 5) is 4.81. The molecule has 1 rings (SSSR count). The molecule has 0 aliphatic heterocycles. The molecule has 0 aliphatic rings. The van der Waals surface area contributed by atoms with Crippen LogP contribution in [0.1, 0.15) is 18.1 Å². The van der Waals surface area contributed by atoms with Gasteiger partial charge in [0, 0.05) is 6.54 Å². The second-order valence-electron chi connectivity index (χ2n) is 3.38. The summed E-state index contributed by atoms with van der Waals surface area (Å²) >= 11 is 0. The van der Waals surface area contributed by atoms with Crippen molar-refractivity contribution in [1.82, 2.24) is 0 Å². The lowest BCUT2D eigenvalue weighted by Gasteiger charge is -2.08. The Morgan fingerprint density at radius 3 is 2.71 bits per heavy atom. The minimum absolute atomic E-state index is 0.232. The average Bonchev–Trinajstić information content (AvgIpc) is 2.28. The second kappa shape index (κ2) is 5.67. The summed E-state index contributed by atoms with van der Waals surface area (Å²) in [6.07, 6.45) is -4.35. The molecule has 0 saturated carbocycles. The first-order chi connectivity index (χ1) is 7.95. The number of benzene rings is 1. The minimum Gasteiger partial charge on any atom is -0.394 e. The monoisotopic (exact) mass is 246 g/mol. The average molecular weight is 246 g/mol. The third-order valence-electron chi connectivity index (χ3n) is 2.02. The minimum atomic E-state index is -4.35. The van der Waals surface area contributed by atoms with Gasteiger partial charge in [0.05, 0.1) is 11.3 Å². The maximum absolute atomic E-state index is 12.5. The number of alkyl halides is 3. The first-order valence-electron chi connectivity index (χ1n) is 4.99. The topological polar surface area (TPSA) is 47.6 Å². The molecule has 0 atom stereocenters. The van der Waals surface area contributed by atoms with E-state index in [4.69, 9.17) is 10.6 Å². The van der Waals surface area contributed by atoms with Crippen LogP contribution in [0.2, 0.25) is 0 Å². The molecule has 0 fully saturated rings. The molecule has 0 aliphatic carbocycles. The fourth-order valence-corrected chi connectivity index (χ4v) is 1.17. The largest absolute Gasteiger partial charge is 0.416 e. The highest BCUT2D eigenvalue weighted by molar-refractivity contribution is 5.98. The van der Waals surface area contributed by atoms with Crippen LogP contribution in [0.15, 0.2) is 29.4 Å². The molecule has 94 valence electrons. The number of rotatable bonds is 4. The molecular weight excluding hydrogens is 233 g/mol. The van der Waals surface area contributed by atoms with E-state index in [0.717, 1.165) is 12.1 Å². The summed E-state index contributed by atoms with van der Waals surface area (Å²) in [7, 11) is 0. The molecular formula is C11H13F3N2O. The molecule has 0 spiro atoms. The zero-order valence-electron chi connectivity index (χ0n) is 9.29. The number of halogens is 3. The molecule has 1 aromatic rings. The molecule has 0 radical (unpaired) electrons. The van der Waals surface area contributed by atoms with Crippen LogP contribution in [0.25, 0.3) is 0 Å².